The first kappa shape index (κ1) is 6.42. The number of pyridine rings is 1. The number of nitrogens with zero attached hydrogens (tertiary/aromatic N) is 1. The lowest BCUT2D eigenvalue weighted by Crippen LogP contribution is -2.28. The number of nitrogen functional groups attached to an aromatic ring is 1. The van der Waals surface area contributed by atoms with Crippen LogP contribution in [0.3, 0.4) is 0 Å². The van der Waals surface area contributed by atoms with Crippen LogP contribution in [-0.2, 0) is 6.54 Å². The van der Waals surface area contributed by atoms with Crippen molar-refractivity contribution >= 4 is 11.6 Å². The van der Waals surface area contributed by atoms with E-state index in [0.717, 1.165) is 19.0 Å². The summed E-state index contributed by atoms with van der Waals surface area (Å²) in [6.07, 6.45) is 0. The molecule has 0 bridgehead atoms. The standard InChI is InChI=1S/C7H10N4/c8-6-2-1-5-3-9-4-10-7(5)11-6/h1-2,9H,3-4H2,(H3,8,10,11). The molecule has 0 saturated carbocycles. The molecule has 0 fully saturated rings. The highest BCUT2D eigenvalue weighted by molar-refractivity contribution is 5.50. The molecule has 0 spiro atoms. The molecule has 0 aromatic carbocycles. The molecule has 1 aliphatic rings. The Morgan fingerprint density at radius 1 is 1.45 bits per heavy atom. The number of nitrogens with one attached hydrogen (secondary N) is 2. The second kappa shape index (κ2) is 2.39. The number of fused-ring (bicyclic) bond motifs is 1. The quantitative estimate of drug-likeness (QED) is 0.492. The Morgan fingerprint density at radius 2 is 2.36 bits per heavy atom. The van der Waals surface area contributed by atoms with Crippen LogP contribution >= 0.6 is 0 Å². The van der Waals surface area contributed by atoms with Crippen LogP contribution in [0.15, 0.2) is 12.1 Å². The van der Waals surface area contributed by atoms with Crippen molar-refractivity contribution in [3.8, 4) is 0 Å². The van der Waals surface area contributed by atoms with Gasteiger partial charge in [0.1, 0.15) is 11.6 Å². The Hall–Kier alpha value is -1.29. The lowest BCUT2D eigenvalue weighted by atomic mass is 10.2. The lowest BCUT2D eigenvalue weighted by molar-refractivity contribution is 0.703. The molecular formula is C7H10N4. The fourth-order valence-corrected chi connectivity index (χ4v) is 1.14. The van der Waals surface area contributed by atoms with E-state index in [2.05, 4.69) is 15.6 Å². The molecule has 4 heteroatoms. The number of hydrogen-bond donors (Lipinski definition) is 3. The van der Waals surface area contributed by atoms with Gasteiger partial charge in [-0.3, -0.25) is 5.32 Å². The van der Waals surface area contributed by atoms with E-state index in [4.69, 9.17) is 5.73 Å². The highest BCUT2D eigenvalue weighted by Crippen LogP contribution is 2.16. The first-order valence-corrected chi connectivity index (χ1v) is 3.56. The van der Waals surface area contributed by atoms with Crippen molar-refractivity contribution in [2.24, 2.45) is 0 Å². The van der Waals surface area contributed by atoms with Gasteiger partial charge in [-0.1, -0.05) is 6.07 Å². The Bertz CT molecular complexity index is 271. The van der Waals surface area contributed by atoms with Crippen molar-refractivity contribution in [1.82, 2.24) is 10.3 Å². The zero-order valence-electron chi connectivity index (χ0n) is 6.09. The Balaban J connectivity index is 2.43. The maximum Gasteiger partial charge on any atom is 0.133 e. The highest BCUT2D eigenvalue weighted by Gasteiger charge is 2.07. The Morgan fingerprint density at radius 3 is 3.27 bits per heavy atom. The largest absolute Gasteiger partial charge is 0.384 e. The van der Waals surface area contributed by atoms with E-state index in [1.807, 2.05) is 12.1 Å². The van der Waals surface area contributed by atoms with Gasteiger partial charge < -0.3 is 11.1 Å². The molecule has 2 rings (SSSR count). The van der Waals surface area contributed by atoms with Crippen LogP contribution in [0.5, 0.6) is 0 Å². The maximum atomic E-state index is 5.51. The Kier molecular flexibility index (Phi) is 1.40. The monoisotopic (exact) mass is 150 g/mol. The van der Waals surface area contributed by atoms with Crippen LogP contribution in [0, 0.1) is 0 Å². The summed E-state index contributed by atoms with van der Waals surface area (Å²) >= 11 is 0. The lowest BCUT2D eigenvalue weighted by Gasteiger charge is -2.17. The van der Waals surface area contributed by atoms with Crippen molar-refractivity contribution in [2.75, 3.05) is 17.7 Å². The van der Waals surface area contributed by atoms with Crippen molar-refractivity contribution < 1.29 is 0 Å². The third-order valence-electron chi connectivity index (χ3n) is 1.70. The van der Waals surface area contributed by atoms with Gasteiger partial charge in [-0.15, -0.1) is 0 Å². The van der Waals surface area contributed by atoms with Gasteiger partial charge in [0, 0.05) is 12.1 Å². The van der Waals surface area contributed by atoms with Crippen molar-refractivity contribution in [3.63, 3.8) is 0 Å². The van der Waals surface area contributed by atoms with Crippen molar-refractivity contribution in [2.45, 2.75) is 6.54 Å². The first-order valence-electron chi connectivity index (χ1n) is 3.56. The topological polar surface area (TPSA) is 63.0 Å². The van der Waals surface area contributed by atoms with Gasteiger partial charge in [0.05, 0.1) is 6.67 Å². The minimum absolute atomic E-state index is 0.568. The highest BCUT2D eigenvalue weighted by atomic mass is 15.1. The van der Waals surface area contributed by atoms with Crippen LogP contribution in [0.2, 0.25) is 0 Å². The zero-order chi connectivity index (χ0) is 7.68. The van der Waals surface area contributed by atoms with Crippen LogP contribution < -0.4 is 16.4 Å². The smallest absolute Gasteiger partial charge is 0.133 e. The van der Waals surface area contributed by atoms with Gasteiger partial charge >= 0.3 is 0 Å². The molecule has 0 radical (unpaired) electrons. The molecule has 1 aliphatic heterocycles. The minimum Gasteiger partial charge on any atom is -0.384 e. The van der Waals surface area contributed by atoms with E-state index >= 15 is 0 Å². The van der Waals surface area contributed by atoms with E-state index in [-0.39, 0.29) is 0 Å². The maximum absolute atomic E-state index is 5.51. The summed E-state index contributed by atoms with van der Waals surface area (Å²) in [7, 11) is 0. The molecule has 4 nitrogen and oxygen atoms in total. The fourth-order valence-electron chi connectivity index (χ4n) is 1.14. The first-order chi connectivity index (χ1) is 5.36. The summed E-state index contributed by atoms with van der Waals surface area (Å²) in [6.45, 7) is 1.64. The third kappa shape index (κ3) is 1.12. The molecule has 1 aromatic heterocycles. The molecule has 1 aromatic rings. The Labute approximate surface area is 64.8 Å². The summed E-state index contributed by atoms with van der Waals surface area (Å²) < 4.78 is 0. The van der Waals surface area contributed by atoms with Gasteiger partial charge in [0.15, 0.2) is 0 Å². The van der Waals surface area contributed by atoms with E-state index in [1.54, 1.807) is 0 Å². The van der Waals surface area contributed by atoms with Crippen LogP contribution in [0.25, 0.3) is 0 Å². The zero-order valence-corrected chi connectivity index (χ0v) is 6.09. The summed E-state index contributed by atoms with van der Waals surface area (Å²) in [6, 6.07) is 3.80. The van der Waals surface area contributed by atoms with Crippen molar-refractivity contribution in [1.29, 1.82) is 0 Å². The van der Waals surface area contributed by atoms with Crippen molar-refractivity contribution in [3.05, 3.63) is 17.7 Å². The SMILES string of the molecule is Nc1ccc2c(n1)NCNC2. The second-order valence-corrected chi connectivity index (χ2v) is 2.52. The predicted octanol–water partition coefficient (Wildman–Crippen LogP) is 0.136. The van der Waals surface area contributed by atoms with Crippen LogP contribution in [0.1, 0.15) is 5.56 Å². The van der Waals surface area contributed by atoms with Crippen LogP contribution in [-0.4, -0.2) is 11.7 Å². The molecule has 0 aliphatic carbocycles. The number of rotatable bonds is 0. The summed E-state index contributed by atoms with van der Waals surface area (Å²) in [5.41, 5.74) is 6.68. The molecule has 2 heterocycles. The number of aromatic nitrogens is 1. The molecule has 0 unspecified atom stereocenters. The van der Waals surface area contributed by atoms with Gasteiger partial charge in [-0.25, -0.2) is 4.98 Å². The van der Waals surface area contributed by atoms with Gasteiger partial charge in [-0.2, -0.15) is 0 Å². The van der Waals surface area contributed by atoms with E-state index in [1.165, 1.54) is 5.56 Å². The summed E-state index contributed by atoms with van der Waals surface area (Å²) in [5.74, 6) is 1.47. The third-order valence-corrected chi connectivity index (χ3v) is 1.70. The molecule has 0 atom stereocenters. The molecular weight excluding hydrogens is 140 g/mol. The summed E-state index contributed by atoms with van der Waals surface area (Å²) in [5, 5.41) is 6.27. The number of anilines is 2. The number of hydrogen-bond acceptors (Lipinski definition) is 4. The average molecular weight is 150 g/mol. The minimum atomic E-state index is 0.568. The molecule has 4 N–H and O–H groups in total. The van der Waals surface area contributed by atoms with E-state index in [9.17, 15) is 0 Å². The molecule has 0 saturated heterocycles. The molecule has 58 valence electrons. The van der Waals surface area contributed by atoms with Gasteiger partial charge in [0.2, 0.25) is 0 Å². The fraction of sp³-hybridized carbons (Fsp3) is 0.286. The number of nitrogens with two attached hydrogens (primary N) is 1. The molecule has 0 amide bonds. The van der Waals surface area contributed by atoms with Gasteiger partial charge in [-0.05, 0) is 6.07 Å². The van der Waals surface area contributed by atoms with Crippen LogP contribution in [0.4, 0.5) is 11.6 Å². The van der Waals surface area contributed by atoms with E-state index in [0.29, 0.717) is 5.82 Å². The normalized spacial score (nSPS) is 15.3. The predicted molar refractivity (Wildman–Crippen MR) is 44.0 cm³/mol. The average Bonchev–Trinajstić information content (AvgIpc) is 2.04. The second-order valence-electron chi connectivity index (χ2n) is 2.52. The summed E-state index contributed by atoms with van der Waals surface area (Å²) in [4.78, 5) is 4.14. The van der Waals surface area contributed by atoms with E-state index < -0.39 is 0 Å². The molecule has 11 heavy (non-hydrogen) atoms. The van der Waals surface area contributed by atoms with Gasteiger partial charge in [0.25, 0.3) is 0 Å².